The quantitative estimate of drug-likeness (QED) is 0.570. The molecule has 0 spiro atoms. The van der Waals surface area contributed by atoms with Crippen LogP contribution in [0.15, 0.2) is 43.0 Å². The van der Waals surface area contributed by atoms with Crippen molar-refractivity contribution < 1.29 is 9.90 Å². The molecule has 1 rings (SSSR count). The van der Waals surface area contributed by atoms with Crippen molar-refractivity contribution >= 4 is 5.97 Å². The third kappa shape index (κ3) is 3.58. The van der Waals surface area contributed by atoms with E-state index in [1.54, 1.807) is 0 Å². The monoisotopic (exact) mass is 204 g/mol. The zero-order chi connectivity index (χ0) is 11.1. The van der Waals surface area contributed by atoms with Crippen LogP contribution in [0, 0.1) is 0 Å². The average molecular weight is 204 g/mol. The Kier molecular flexibility index (Phi) is 4.61. The van der Waals surface area contributed by atoms with Crippen LogP contribution in [-0.4, -0.2) is 11.1 Å². The van der Waals surface area contributed by atoms with Gasteiger partial charge in [-0.05, 0) is 24.8 Å². The van der Waals surface area contributed by atoms with Crippen molar-refractivity contribution in [2.24, 2.45) is 0 Å². The van der Waals surface area contributed by atoms with E-state index in [4.69, 9.17) is 5.11 Å². The SMILES string of the molecule is C=CCCC[C@H](C(=O)O)c1ccccc1. The maximum Gasteiger partial charge on any atom is 0.310 e. The summed E-state index contributed by atoms with van der Waals surface area (Å²) in [6.07, 6.45) is 4.24. The van der Waals surface area contributed by atoms with Gasteiger partial charge in [-0.3, -0.25) is 4.79 Å². The second-order valence-corrected chi connectivity index (χ2v) is 3.52. The number of aliphatic carboxylic acids is 1. The van der Waals surface area contributed by atoms with Gasteiger partial charge in [0.25, 0.3) is 0 Å². The minimum atomic E-state index is -0.745. The predicted octanol–water partition coefficient (Wildman–Crippen LogP) is 3.21. The van der Waals surface area contributed by atoms with Crippen LogP contribution in [0.25, 0.3) is 0 Å². The molecular weight excluding hydrogens is 188 g/mol. The van der Waals surface area contributed by atoms with Crippen molar-refractivity contribution in [3.63, 3.8) is 0 Å². The standard InChI is InChI=1S/C13H16O2/c1-2-3-5-10-12(13(14)15)11-8-6-4-7-9-11/h2,4,6-9,12H,1,3,5,10H2,(H,14,15)/t12-/m0/s1. The van der Waals surface area contributed by atoms with E-state index in [0.29, 0.717) is 6.42 Å². The maximum atomic E-state index is 11.1. The first kappa shape index (κ1) is 11.5. The Balaban J connectivity index is 2.66. The molecule has 0 aromatic heterocycles. The van der Waals surface area contributed by atoms with Gasteiger partial charge in [0.2, 0.25) is 0 Å². The van der Waals surface area contributed by atoms with E-state index in [1.807, 2.05) is 36.4 Å². The minimum absolute atomic E-state index is 0.383. The summed E-state index contributed by atoms with van der Waals surface area (Å²) in [6.45, 7) is 3.63. The highest BCUT2D eigenvalue weighted by molar-refractivity contribution is 5.75. The largest absolute Gasteiger partial charge is 0.481 e. The first-order valence-electron chi connectivity index (χ1n) is 5.14. The molecule has 1 aromatic carbocycles. The Morgan fingerprint density at radius 2 is 2.07 bits per heavy atom. The van der Waals surface area contributed by atoms with E-state index in [1.165, 1.54) is 0 Å². The van der Waals surface area contributed by atoms with Gasteiger partial charge in [0, 0.05) is 0 Å². The first-order valence-corrected chi connectivity index (χ1v) is 5.14. The van der Waals surface area contributed by atoms with Gasteiger partial charge in [-0.2, -0.15) is 0 Å². The van der Waals surface area contributed by atoms with Crippen molar-refractivity contribution in [3.8, 4) is 0 Å². The fourth-order valence-corrected chi connectivity index (χ4v) is 1.58. The van der Waals surface area contributed by atoms with Crippen LogP contribution in [0.4, 0.5) is 0 Å². The van der Waals surface area contributed by atoms with E-state index in [2.05, 4.69) is 6.58 Å². The van der Waals surface area contributed by atoms with E-state index < -0.39 is 5.97 Å². The molecule has 1 aromatic rings. The number of rotatable bonds is 6. The predicted molar refractivity (Wildman–Crippen MR) is 60.9 cm³/mol. The second kappa shape index (κ2) is 6.02. The summed E-state index contributed by atoms with van der Waals surface area (Å²) in [7, 11) is 0. The highest BCUT2D eigenvalue weighted by Gasteiger charge is 2.18. The van der Waals surface area contributed by atoms with Crippen LogP contribution in [0.1, 0.15) is 30.7 Å². The molecule has 0 aliphatic rings. The molecule has 0 aliphatic carbocycles. The molecule has 0 aliphatic heterocycles. The van der Waals surface area contributed by atoms with Gasteiger partial charge in [-0.15, -0.1) is 6.58 Å². The number of carboxylic acid groups (broad SMARTS) is 1. The van der Waals surface area contributed by atoms with E-state index in [-0.39, 0.29) is 5.92 Å². The molecule has 0 saturated carbocycles. The van der Waals surface area contributed by atoms with Gasteiger partial charge < -0.3 is 5.11 Å². The third-order valence-electron chi connectivity index (χ3n) is 2.40. The smallest absolute Gasteiger partial charge is 0.310 e. The van der Waals surface area contributed by atoms with Crippen molar-refractivity contribution in [2.75, 3.05) is 0 Å². The lowest BCUT2D eigenvalue weighted by atomic mass is 9.94. The molecular formula is C13H16O2. The van der Waals surface area contributed by atoms with E-state index in [9.17, 15) is 4.79 Å². The topological polar surface area (TPSA) is 37.3 Å². The third-order valence-corrected chi connectivity index (χ3v) is 2.40. The van der Waals surface area contributed by atoms with E-state index in [0.717, 1.165) is 18.4 Å². The van der Waals surface area contributed by atoms with Crippen LogP contribution in [0.2, 0.25) is 0 Å². The summed E-state index contributed by atoms with van der Waals surface area (Å²) in [4.78, 5) is 11.1. The Morgan fingerprint density at radius 1 is 1.40 bits per heavy atom. The molecule has 0 unspecified atom stereocenters. The Bertz CT molecular complexity index is 317. The zero-order valence-corrected chi connectivity index (χ0v) is 8.73. The van der Waals surface area contributed by atoms with Crippen LogP contribution in [0.5, 0.6) is 0 Å². The molecule has 2 nitrogen and oxygen atoms in total. The number of carbonyl (C=O) groups is 1. The number of hydrogen-bond acceptors (Lipinski definition) is 1. The van der Waals surface area contributed by atoms with Gasteiger partial charge in [0.15, 0.2) is 0 Å². The van der Waals surface area contributed by atoms with Gasteiger partial charge >= 0.3 is 5.97 Å². The first-order chi connectivity index (χ1) is 7.25. The van der Waals surface area contributed by atoms with Crippen molar-refractivity contribution in [2.45, 2.75) is 25.2 Å². The molecule has 1 atom stereocenters. The number of hydrogen-bond donors (Lipinski definition) is 1. The summed E-state index contributed by atoms with van der Waals surface area (Å²) in [5.74, 6) is -1.13. The van der Waals surface area contributed by atoms with Crippen LogP contribution in [-0.2, 0) is 4.79 Å². The Morgan fingerprint density at radius 3 is 2.60 bits per heavy atom. The molecule has 0 saturated heterocycles. The molecule has 1 N–H and O–H groups in total. The molecule has 0 amide bonds. The summed E-state index contributed by atoms with van der Waals surface area (Å²) in [6, 6.07) is 9.38. The fraction of sp³-hybridized carbons (Fsp3) is 0.308. The maximum absolute atomic E-state index is 11.1. The highest BCUT2D eigenvalue weighted by Crippen LogP contribution is 2.22. The molecule has 2 heteroatoms. The molecule has 15 heavy (non-hydrogen) atoms. The van der Waals surface area contributed by atoms with Crippen LogP contribution < -0.4 is 0 Å². The van der Waals surface area contributed by atoms with E-state index >= 15 is 0 Å². The van der Waals surface area contributed by atoms with Crippen molar-refractivity contribution in [3.05, 3.63) is 48.6 Å². The van der Waals surface area contributed by atoms with Gasteiger partial charge in [-0.25, -0.2) is 0 Å². The number of unbranched alkanes of at least 4 members (excludes halogenated alkanes) is 1. The van der Waals surface area contributed by atoms with Crippen molar-refractivity contribution in [1.29, 1.82) is 0 Å². The Hall–Kier alpha value is -1.57. The molecule has 0 heterocycles. The number of carboxylic acids is 1. The summed E-state index contributed by atoms with van der Waals surface area (Å²) >= 11 is 0. The lowest BCUT2D eigenvalue weighted by molar-refractivity contribution is -0.139. The summed E-state index contributed by atoms with van der Waals surface area (Å²) < 4.78 is 0. The van der Waals surface area contributed by atoms with Crippen molar-refractivity contribution in [1.82, 2.24) is 0 Å². The number of allylic oxidation sites excluding steroid dienone is 1. The Labute approximate surface area is 90.3 Å². The zero-order valence-electron chi connectivity index (χ0n) is 8.73. The van der Waals surface area contributed by atoms with Crippen LogP contribution in [0.3, 0.4) is 0 Å². The number of benzene rings is 1. The van der Waals surface area contributed by atoms with Gasteiger partial charge in [-0.1, -0.05) is 36.4 Å². The second-order valence-electron chi connectivity index (χ2n) is 3.52. The minimum Gasteiger partial charge on any atom is -0.481 e. The molecule has 80 valence electrons. The normalized spacial score (nSPS) is 12.0. The summed E-state index contributed by atoms with van der Waals surface area (Å²) in [5.41, 5.74) is 0.883. The fourth-order valence-electron chi connectivity index (χ4n) is 1.58. The lowest BCUT2D eigenvalue weighted by Crippen LogP contribution is -2.11. The van der Waals surface area contributed by atoms with Gasteiger partial charge in [0.1, 0.15) is 0 Å². The average Bonchev–Trinajstić information content (AvgIpc) is 2.25. The van der Waals surface area contributed by atoms with Gasteiger partial charge in [0.05, 0.1) is 5.92 Å². The molecule has 0 fully saturated rings. The molecule has 0 radical (unpaired) electrons. The summed E-state index contributed by atoms with van der Waals surface area (Å²) in [5, 5.41) is 9.10. The van der Waals surface area contributed by atoms with Crippen LogP contribution >= 0.6 is 0 Å². The lowest BCUT2D eigenvalue weighted by Gasteiger charge is -2.11. The highest BCUT2D eigenvalue weighted by atomic mass is 16.4. The molecule has 0 bridgehead atoms.